The molecule has 2 aromatic carbocycles. The van der Waals surface area contributed by atoms with Gasteiger partial charge in [0.15, 0.2) is 11.8 Å². The van der Waals surface area contributed by atoms with Gasteiger partial charge in [0.05, 0.1) is 7.11 Å². The van der Waals surface area contributed by atoms with Gasteiger partial charge >= 0.3 is 18.0 Å². The standard InChI is InChI=1S/C29H33N3O8/c1-29(2,3)40-23(33)15-14-22(31-28(37)39-17-18-10-6-5-7-11-18)26(35)32-24(27(36)38-4)25(34)20-16-30-21-13-9-8-12-19(20)21/h5-13,16,22,24,30H,14-15,17H2,1-4H3,(H,31,37)(H,32,35)/t22-,24+/m1/s1. The normalized spacial score (nSPS) is 12.6. The molecular weight excluding hydrogens is 518 g/mol. The second-order valence-corrected chi connectivity index (χ2v) is 9.96. The average Bonchev–Trinajstić information content (AvgIpc) is 3.35. The lowest BCUT2D eigenvalue weighted by Gasteiger charge is -2.23. The van der Waals surface area contributed by atoms with Crippen LogP contribution in [0.5, 0.6) is 0 Å². The van der Waals surface area contributed by atoms with Crippen molar-refractivity contribution < 1.29 is 38.2 Å². The Morgan fingerprint density at radius 1 is 0.925 bits per heavy atom. The van der Waals surface area contributed by atoms with Crippen LogP contribution in [0.1, 0.15) is 49.5 Å². The minimum Gasteiger partial charge on any atom is -0.467 e. The third-order valence-electron chi connectivity index (χ3n) is 5.72. The number of hydrogen-bond acceptors (Lipinski definition) is 8. The van der Waals surface area contributed by atoms with E-state index in [1.165, 1.54) is 6.20 Å². The van der Waals surface area contributed by atoms with Crippen LogP contribution in [-0.2, 0) is 35.2 Å². The van der Waals surface area contributed by atoms with Gasteiger partial charge in [-0.25, -0.2) is 9.59 Å². The van der Waals surface area contributed by atoms with Crippen molar-refractivity contribution in [2.45, 2.75) is 57.9 Å². The van der Waals surface area contributed by atoms with Crippen molar-refractivity contribution in [3.05, 3.63) is 71.9 Å². The molecule has 3 N–H and O–H groups in total. The first kappa shape index (κ1) is 29.9. The summed E-state index contributed by atoms with van der Waals surface area (Å²) in [6.07, 6.45) is 0.101. The number of ether oxygens (including phenoxy) is 3. The molecule has 0 spiro atoms. The van der Waals surface area contributed by atoms with Crippen LogP contribution in [0, 0.1) is 0 Å². The Balaban J connectivity index is 1.77. The second kappa shape index (κ2) is 13.4. The van der Waals surface area contributed by atoms with Gasteiger partial charge in [-0.2, -0.15) is 0 Å². The smallest absolute Gasteiger partial charge is 0.408 e. The molecule has 3 rings (SSSR count). The molecule has 1 heterocycles. The molecule has 212 valence electrons. The van der Waals surface area contributed by atoms with E-state index in [2.05, 4.69) is 15.6 Å². The summed E-state index contributed by atoms with van der Waals surface area (Å²) in [5.41, 5.74) is 0.812. The molecule has 0 radical (unpaired) electrons. The monoisotopic (exact) mass is 551 g/mol. The second-order valence-electron chi connectivity index (χ2n) is 9.96. The summed E-state index contributed by atoms with van der Waals surface area (Å²) >= 11 is 0. The number of Topliss-reactive ketones (excluding diaryl/α,β-unsaturated/α-hetero) is 1. The van der Waals surface area contributed by atoms with Crippen molar-refractivity contribution >= 4 is 40.6 Å². The highest BCUT2D eigenvalue weighted by Crippen LogP contribution is 2.20. The number of hydrogen-bond donors (Lipinski definition) is 3. The van der Waals surface area contributed by atoms with Gasteiger partial charge in [-0.15, -0.1) is 0 Å². The molecule has 0 saturated carbocycles. The predicted octanol–water partition coefficient (Wildman–Crippen LogP) is 3.43. The molecule has 0 saturated heterocycles. The summed E-state index contributed by atoms with van der Waals surface area (Å²) in [5, 5.41) is 5.35. The van der Waals surface area contributed by atoms with Crippen LogP contribution in [0.25, 0.3) is 10.9 Å². The molecule has 3 aromatic rings. The van der Waals surface area contributed by atoms with E-state index in [1.807, 2.05) is 6.07 Å². The molecule has 0 aliphatic heterocycles. The summed E-state index contributed by atoms with van der Waals surface area (Å²) in [4.78, 5) is 67.1. The number of carbonyl (C=O) groups is 5. The molecule has 0 aliphatic rings. The lowest BCUT2D eigenvalue weighted by molar-refractivity contribution is -0.155. The number of H-pyrrole nitrogens is 1. The molecule has 0 fully saturated rings. The molecule has 2 atom stereocenters. The van der Waals surface area contributed by atoms with Crippen molar-refractivity contribution in [3.8, 4) is 0 Å². The number of para-hydroxylation sites is 1. The molecular formula is C29H33N3O8. The lowest BCUT2D eigenvalue weighted by atomic mass is 10.0. The van der Waals surface area contributed by atoms with E-state index in [4.69, 9.17) is 14.2 Å². The maximum absolute atomic E-state index is 13.4. The van der Waals surface area contributed by atoms with Crippen LogP contribution in [0.4, 0.5) is 4.79 Å². The topological polar surface area (TPSA) is 153 Å². The van der Waals surface area contributed by atoms with Crippen LogP contribution in [-0.4, -0.2) is 59.5 Å². The number of esters is 2. The van der Waals surface area contributed by atoms with E-state index < -0.39 is 47.4 Å². The molecule has 40 heavy (non-hydrogen) atoms. The Bertz CT molecular complexity index is 1360. The van der Waals surface area contributed by atoms with Crippen molar-refractivity contribution in [3.63, 3.8) is 0 Å². The maximum Gasteiger partial charge on any atom is 0.408 e. The highest BCUT2D eigenvalue weighted by molar-refractivity contribution is 6.19. The SMILES string of the molecule is COC(=O)[C@@H](NC(=O)[C@@H](CCC(=O)OC(C)(C)C)NC(=O)OCc1ccccc1)C(=O)c1c[nH]c2ccccc12. The number of rotatable bonds is 11. The number of ketones is 1. The van der Waals surface area contributed by atoms with Gasteiger partial charge in [0.1, 0.15) is 18.2 Å². The number of aromatic nitrogens is 1. The zero-order chi connectivity index (χ0) is 29.3. The summed E-state index contributed by atoms with van der Waals surface area (Å²) < 4.78 is 15.3. The third kappa shape index (κ3) is 8.42. The summed E-state index contributed by atoms with van der Waals surface area (Å²) in [6.45, 7) is 5.04. The van der Waals surface area contributed by atoms with Gasteiger partial charge < -0.3 is 29.8 Å². The highest BCUT2D eigenvalue weighted by atomic mass is 16.6. The zero-order valence-corrected chi connectivity index (χ0v) is 22.8. The van der Waals surface area contributed by atoms with Crippen molar-refractivity contribution in [2.75, 3.05) is 7.11 Å². The number of nitrogens with one attached hydrogen (secondary N) is 3. The van der Waals surface area contributed by atoms with Crippen LogP contribution < -0.4 is 10.6 Å². The number of amides is 2. The molecule has 0 bridgehead atoms. The van der Waals surface area contributed by atoms with E-state index >= 15 is 0 Å². The predicted molar refractivity (Wildman–Crippen MR) is 145 cm³/mol. The number of methoxy groups -OCH3 is 1. The van der Waals surface area contributed by atoms with E-state index in [-0.39, 0.29) is 25.0 Å². The fourth-order valence-electron chi connectivity index (χ4n) is 3.85. The Hall–Kier alpha value is -4.67. The average molecular weight is 552 g/mol. The summed E-state index contributed by atoms with van der Waals surface area (Å²) in [5.74, 6) is -3.19. The number of benzene rings is 2. The third-order valence-corrected chi connectivity index (χ3v) is 5.72. The van der Waals surface area contributed by atoms with E-state index in [1.54, 1.807) is 69.3 Å². The van der Waals surface area contributed by atoms with E-state index in [9.17, 15) is 24.0 Å². The first-order chi connectivity index (χ1) is 19.0. The van der Waals surface area contributed by atoms with Gasteiger partial charge in [0, 0.05) is 29.1 Å². The lowest BCUT2D eigenvalue weighted by Crippen LogP contribution is -2.54. The van der Waals surface area contributed by atoms with Crippen molar-refractivity contribution in [1.82, 2.24) is 15.6 Å². The fraction of sp³-hybridized carbons (Fsp3) is 0.345. The Labute approximate surface area is 231 Å². The van der Waals surface area contributed by atoms with E-state index in [0.29, 0.717) is 10.9 Å². The van der Waals surface area contributed by atoms with Crippen LogP contribution in [0.2, 0.25) is 0 Å². The Kier molecular flexibility index (Phi) is 10.0. The van der Waals surface area contributed by atoms with Crippen LogP contribution in [0.15, 0.2) is 60.8 Å². The van der Waals surface area contributed by atoms with Gasteiger partial charge in [-0.3, -0.25) is 14.4 Å². The van der Waals surface area contributed by atoms with Gasteiger partial charge in [0.2, 0.25) is 5.91 Å². The quantitative estimate of drug-likeness (QED) is 0.142. The van der Waals surface area contributed by atoms with Crippen LogP contribution in [0.3, 0.4) is 0 Å². The largest absolute Gasteiger partial charge is 0.467 e. The summed E-state index contributed by atoms with van der Waals surface area (Å²) in [7, 11) is 1.09. The maximum atomic E-state index is 13.4. The Morgan fingerprint density at radius 3 is 2.27 bits per heavy atom. The first-order valence-electron chi connectivity index (χ1n) is 12.7. The number of fused-ring (bicyclic) bond motifs is 1. The molecule has 0 unspecified atom stereocenters. The molecule has 1 aromatic heterocycles. The zero-order valence-electron chi connectivity index (χ0n) is 22.8. The minimum atomic E-state index is -1.71. The van der Waals surface area contributed by atoms with Crippen LogP contribution >= 0.6 is 0 Å². The fourth-order valence-corrected chi connectivity index (χ4v) is 3.85. The molecule has 0 aliphatic carbocycles. The van der Waals surface area contributed by atoms with Gasteiger partial charge in [-0.05, 0) is 38.8 Å². The Morgan fingerprint density at radius 2 is 1.60 bits per heavy atom. The molecule has 11 nitrogen and oxygen atoms in total. The minimum absolute atomic E-state index is 0.0586. The molecule has 11 heteroatoms. The van der Waals surface area contributed by atoms with Crippen molar-refractivity contribution in [1.29, 1.82) is 0 Å². The van der Waals surface area contributed by atoms with E-state index in [0.717, 1.165) is 12.7 Å². The first-order valence-corrected chi connectivity index (χ1v) is 12.7. The van der Waals surface area contributed by atoms with Crippen molar-refractivity contribution in [2.24, 2.45) is 0 Å². The number of aromatic amines is 1. The highest BCUT2D eigenvalue weighted by Gasteiger charge is 2.34. The van der Waals surface area contributed by atoms with Gasteiger partial charge in [0.25, 0.3) is 0 Å². The van der Waals surface area contributed by atoms with Gasteiger partial charge in [-0.1, -0.05) is 48.5 Å². The summed E-state index contributed by atoms with van der Waals surface area (Å²) in [6, 6.07) is 12.8. The number of alkyl carbamates (subject to hydrolysis) is 1. The molecule has 2 amide bonds. The number of carbonyl (C=O) groups excluding carboxylic acids is 5.